The van der Waals surface area contributed by atoms with Gasteiger partial charge < -0.3 is 9.32 Å². The average molecular weight is 878 g/mol. The predicted octanol–water partition coefficient (Wildman–Crippen LogP) is 18.2. The Morgan fingerprint density at radius 2 is 0.855 bits per heavy atom. The van der Waals surface area contributed by atoms with Gasteiger partial charge in [0.25, 0.3) is 0 Å². The third-order valence-corrected chi connectivity index (χ3v) is 14.7. The Kier molecular flexibility index (Phi) is 8.84. The lowest BCUT2D eigenvalue weighted by molar-refractivity contribution is 0.670. The lowest BCUT2D eigenvalue weighted by Crippen LogP contribution is -2.28. The predicted molar refractivity (Wildman–Crippen MR) is 289 cm³/mol. The van der Waals surface area contributed by atoms with Gasteiger partial charge in [0, 0.05) is 27.6 Å². The lowest BCUT2D eigenvalue weighted by atomic mass is 9.67. The highest BCUT2D eigenvalue weighted by molar-refractivity contribution is 6.24. The quantitative estimate of drug-likeness (QED) is 0.148. The normalized spacial score (nSPS) is 12.8. The van der Waals surface area contributed by atoms with E-state index in [1.165, 1.54) is 60.3 Å². The van der Waals surface area contributed by atoms with Crippen molar-refractivity contribution < 1.29 is 4.42 Å². The zero-order valence-electron chi connectivity index (χ0n) is 37.7. The minimum atomic E-state index is -0.571. The molecule has 0 atom stereocenters. The summed E-state index contributed by atoms with van der Waals surface area (Å²) < 4.78 is 7.59. The largest absolute Gasteiger partial charge is 0.453 e. The van der Waals surface area contributed by atoms with E-state index in [0.717, 1.165) is 66.6 Å². The number of furan rings is 1. The van der Waals surface area contributed by atoms with Crippen molar-refractivity contribution in [3.8, 4) is 33.4 Å². The van der Waals surface area contributed by atoms with Crippen molar-refractivity contribution in [3.63, 3.8) is 0 Å². The van der Waals surface area contributed by atoms with Gasteiger partial charge >= 0.3 is 0 Å². The fourth-order valence-electron chi connectivity index (χ4n) is 11.8. The molecular formula is C67H43NO. The van der Waals surface area contributed by atoms with Crippen molar-refractivity contribution in [3.05, 3.63) is 283 Å². The van der Waals surface area contributed by atoms with Crippen LogP contribution in [0.25, 0.3) is 87.6 Å². The maximum absolute atomic E-state index is 7.59. The molecule has 0 radical (unpaired) electrons. The smallest absolute Gasteiger partial charge is 0.159 e. The van der Waals surface area contributed by atoms with Crippen molar-refractivity contribution >= 4 is 71.3 Å². The van der Waals surface area contributed by atoms with Gasteiger partial charge in [0.2, 0.25) is 0 Å². The van der Waals surface area contributed by atoms with E-state index < -0.39 is 5.41 Å². The van der Waals surface area contributed by atoms with E-state index in [0.29, 0.717) is 0 Å². The van der Waals surface area contributed by atoms with Gasteiger partial charge in [-0.3, -0.25) is 0 Å². The van der Waals surface area contributed by atoms with E-state index in [1.807, 2.05) is 0 Å². The van der Waals surface area contributed by atoms with Crippen LogP contribution in [-0.2, 0) is 5.41 Å². The summed E-state index contributed by atoms with van der Waals surface area (Å²) in [5.74, 6) is 0. The maximum atomic E-state index is 7.59. The van der Waals surface area contributed by atoms with Crippen LogP contribution in [0.5, 0.6) is 0 Å². The lowest BCUT2D eigenvalue weighted by Gasteiger charge is -2.35. The molecule has 2 heteroatoms. The number of fused-ring (bicyclic) bond motifs is 10. The first-order chi connectivity index (χ1) is 34.3. The molecule has 0 bridgehead atoms. The van der Waals surface area contributed by atoms with Gasteiger partial charge in [-0.2, -0.15) is 0 Å². The van der Waals surface area contributed by atoms with Gasteiger partial charge in [-0.15, -0.1) is 0 Å². The highest BCUT2D eigenvalue weighted by atomic mass is 16.3. The van der Waals surface area contributed by atoms with E-state index in [-0.39, 0.29) is 0 Å². The van der Waals surface area contributed by atoms with Crippen molar-refractivity contribution in [1.82, 2.24) is 0 Å². The van der Waals surface area contributed by atoms with E-state index in [2.05, 4.69) is 266 Å². The number of anilines is 3. The second kappa shape index (κ2) is 15.6. The van der Waals surface area contributed by atoms with Gasteiger partial charge in [0.05, 0.1) is 16.8 Å². The van der Waals surface area contributed by atoms with Crippen LogP contribution in [0.1, 0.15) is 22.3 Å². The molecule has 0 fully saturated rings. The van der Waals surface area contributed by atoms with Crippen molar-refractivity contribution in [2.24, 2.45) is 0 Å². The minimum Gasteiger partial charge on any atom is -0.453 e. The first-order valence-corrected chi connectivity index (χ1v) is 23.8. The fraction of sp³-hybridized carbons (Fsp3) is 0.0149. The van der Waals surface area contributed by atoms with Gasteiger partial charge in [-0.05, 0) is 113 Å². The van der Waals surface area contributed by atoms with Crippen LogP contribution in [0.2, 0.25) is 0 Å². The monoisotopic (exact) mass is 877 g/mol. The molecule has 0 saturated heterocycles. The summed E-state index contributed by atoms with van der Waals surface area (Å²) in [5.41, 5.74) is 16.2. The van der Waals surface area contributed by atoms with E-state index in [4.69, 9.17) is 4.42 Å². The van der Waals surface area contributed by atoms with Gasteiger partial charge in [0.1, 0.15) is 5.58 Å². The highest BCUT2D eigenvalue weighted by Gasteiger charge is 2.46. The standard InChI is InChI=1S/C67H43NO/c1-4-21-44(22-5-1)51-30-17-19-37-62(51)68(49-39-40-56-55-34-16-18-36-60(55)67(61(56)43-49,47-25-6-2-7-26-47)48-27-8-3-9-28-48)63-38-20-35-57-59-42-46-24-11-13-31-52(46)64(66(59)69-65(57)63)58-41-45-23-10-12-29-50(45)53-32-14-15-33-54(53)58/h1-43H. The zero-order chi connectivity index (χ0) is 45.5. The molecule has 13 aromatic rings. The molecule has 2 nitrogen and oxygen atoms in total. The molecule has 0 aliphatic heterocycles. The number of hydrogen-bond donors (Lipinski definition) is 0. The molecule has 69 heavy (non-hydrogen) atoms. The fourth-order valence-corrected chi connectivity index (χ4v) is 11.8. The van der Waals surface area contributed by atoms with Gasteiger partial charge in [-0.1, -0.05) is 224 Å². The summed E-state index contributed by atoms with van der Waals surface area (Å²) in [5, 5.41) is 9.37. The molecule has 0 spiro atoms. The Morgan fingerprint density at radius 3 is 1.61 bits per heavy atom. The average Bonchev–Trinajstić information content (AvgIpc) is 3.95. The van der Waals surface area contributed by atoms with Crippen molar-refractivity contribution in [2.45, 2.75) is 5.41 Å². The molecular weight excluding hydrogens is 835 g/mol. The second-order valence-electron chi connectivity index (χ2n) is 18.3. The third kappa shape index (κ3) is 5.86. The Balaban J connectivity index is 1.09. The molecule has 12 aromatic carbocycles. The molecule has 1 aliphatic carbocycles. The summed E-state index contributed by atoms with van der Waals surface area (Å²) in [6.07, 6.45) is 0. The molecule has 1 aromatic heterocycles. The second-order valence-corrected chi connectivity index (χ2v) is 18.3. The molecule has 322 valence electrons. The molecule has 14 rings (SSSR count). The molecule has 0 unspecified atom stereocenters. The van der Waals surface area contributed by atoms with E-state index in [1.54, 1.807) is 0 Å². The summed E-state index contributed by atoms with van der Waals surface area (Å²) in [6.45, 7) is 0. The number of benzene rings is 12. The summed E-state index contributed by atoms with van der Waals surface area (Å²) in [4.78, 5) is 2.45. The van der Waals surface area contributed by atoms with Crippen LogP contribution in [-0.4, -0.2) is 0 Å². The molecule has 0 amide bonds. The Labute approximate surface area is 400 Å². The minimum absolute atomic E-state index is 0.571. The first kappa shape index (κ1) is 39.2. The Bertz CT molecular complexity index is 4090. The van der Waals surface area contributed by atoms with Crippen LogP contribution in [0, 0.1) is 0 Å². The topological polar surface area (TPSA) is 16.4 Å². The molecule has 1 aliphatic rings. The Hall–Kier alpha value is -8.98. The Morgan fingerprint density at radius 1 is 0.304 bits per heavy atom. The number of rotatable bonds is 7. The van der Waals surface area contributed by atoms with Gasteiger partial charge in [-0.25, -0.2) is 0 Å². The molecule has 0 saturated carbocycles. The number of nitrogens with zero attached hydrogens (tertiary/aromatic N) is 1. The van der Waals surface area contributed by atoms with E-state index in [9.17, 15) is 0 Å². The van der Waals surface area contributed by atoms with Crippen molar-refractivity contribution in [1.29, 1.82) is 0 Å². The molecule has 0 N–H and O–H groups in total. The third-order valence-electron chi connectivity index (χ3n) is 14.7. The van der Waals surface area contributed by atoms with Crippen LogP contribution >= 0.6 is 0 Å². The van der Waals surface area contributed by atoms with Crippen LogP contribution < -0.4 is 4.90 Å². The SMILES string of the molecule is c1ccc(-c2ccccc2N(c2ccc3c(c2)C(c2ccccc2)(c2ccccc2)c2ccccc2-3)c2cccc3c2oc2c(-c4cc5ccccc5c5ccccc45)c4ccccc4cc23)cc1. The number of para-hydroxylation sites is 2. The molecule has 1 heterocycles. The summed E-state index contributed by atoms with van der Waals surface area (Å²) in [7, 11) is 0. The van der Waals surface area contributed by atoms with Crippen LogP contribution in [0.4, 0.5) is 17.1 Å². The van der Waals surface area contributed by atoms with E-state index >= 15 is 0 Å². The summed E-state index contributed by atoms with van der Waals surface area (Å²) in [6, 6.07) is 95.5. The maximum Gasteiger partial charge on any atom is 0.159 e. The highest BCUT2D eigenvalue weighted by Crippen LogP contribution is 2.58. The summed E-state index contributed by atoms with van der Waals surface area (Å²) >= 11 is 0. The zero-order valence-corrected chi connectivity index (χ0v) is 37.7. The van der Waals surface area contributed by atoms with Crippen molar-refractivity contribution in [2.75, 3.05) is 4.90 Å². The first-order valence-electron chi connectivity index (χ1n) is 23.8. The van der Waals surface area contributed by atoms with Crippen LogP contribution in [0.3, 0.4) is 0 Å². The van der Waals surface area contributed by atoms with Crippen LogP contribution in [0.15, 0.2) is 265 Å². The number of hydrogen-bond acceptors (Lipinski definition) is 2. The van der Waals surface area contributed by atoms with Gasteiger partial charge in [0.15, 0.2) is 5.58 Å².